The van der Waals surface area contributed by atoms with Gasteiger partial charge in [0.1, 0.15) is 0 Å². The molecule has 2 fully saturated rings. The van der Waals surface area contributed by atoms with E-state index >= 15 is 0 Å². The zero-order valence-corrected chi connectivity index (χ0v) is 13.7. The molecule has 0 N–H and O–H groups in total. The van der Waals surface area contributed by atoms with E-state index in [2.05, 4.69) is 23.9 Å². The van der Waals surface area contributed by atoms with Crippen molar-refractivity contribution in [2.45, 2.75) is 45.3 Å². The highest BCUT2D eigenvalue weighted by molar-refractivity contribution is 5.93. The number of carbonyl (C=O) groups excluding carboxylic acids is 1. The second-order valence-electron chi connectivity index (χ2n) is 6.74. The van der Waals surface area contributed by atoms with Gasteiger partial charge in [0.05, 0.1) is 5.71 Å². The van der Waals surface area contributed by atoms with Crippen LogP contribution in [0.2, 0.25) is 0 Å². The third-order valence-corrected chi connectivity index (χ3v) is 4.97. The average Bonchev–Trinajstić information content (AvgIpc) is 3.05. The fourth-order valence-corrected chi connectivity index (χ4v) is 3.43. The highest BCUT2D eigenvalue weighted by atomic mass is 16.6. The molecule has 0 bridgehead atoms. The average molecular weight is 309 g/mol. The Kier molecular flexibility index (Phi) is 4.98. The summed E-state index contributed by atoms with van der Waals surface area (Å²) in [6.07, 6.45) is 2.49. The molecular weight excluding hydrogens is 282 g/mol. The molecule has 0 spiro atoms. The van der Waals surface area contributed by atoms with E-state index in [1.165, 1.54) is 0 Å². The molecule has 3 aliphatic heterocycles. The molecule has 2 saturated heterocycles. The number of oxime groups is 1. The molecular formula is C16H27N3O3. The van der Waals surface area contributed by atoms with Crippen molar-refractivity contribution in [1.29, 1.82) is 0 Å². The maximum absolute atomic E-state index is 12.5. The van der Waals surface area contributed by atoms with E-state index in [4.69, 9.17) is 9.57 Å². The van der Waals surface area contributed by atoms with Gasteiger partial charge in [0.25, 0.3) is 5.91 Å². The molecule has 0 aromatic carbocycles. The molecule has 0 aliphatic carbocycles. The summed E-state index contributed by atoms with van der Waals surface area (Å²) in [4.78, 5) is 22.3. The van der Waals surface area contributed by atoms with Gasteiger partial charge in [0.2, 0.25) is 6.10 Å². The number of rotatable bonds is 3. The van der Waals surface area contributed by atoms with Crippen LogP contribution in [-0.2, 0) is 14.4 Å². The summed E-state index contributed by atoms with van der Waals surface area (Å²) in [5, 5.41) is 4.07. The lowest BCUT2D eigenvalue weighted by molar-refractivity contribution is -0.144. The molecule has 3 aliphatic rings. The SMILES string of the molecule is CC(C)C1=NOC(C(=O)N2CCN(C3CCOCC3)CC2)C1. The molecule has 124 valence electrons. The lowest BCUT2D eigenvalue weighted by atomic mass is 10.0. The molecule has 0 radical (unpaired) electrons. The molecule has 0 aromatic heterocycles. The van der Waals surface area contributed by atoms with E-state index in [9.17, 15) is 4.79 Å². The van der Waals surface area contributed by atoms with E-state index in [-0.39, 0.29) is 5.91 Å². The lowest BCUT2D eigenvalue weighted by Gasteiger charge is -2.40. The van der Waals surface area contributed by atoms with Gasteiger partial charge in [-0.1, -0.05) is 19.0 Å². The highest BCUT2D eigenvalue weighted by Crippen LogP contribution is 2.20. The summed E-state index contributed by atoms with van der Waals surface area (Å²) in [7, 11) is 0. The molecule has 1 amide bonds. The van der Waals surface area contributed by atoms with Crippen molar-refractivity contribution in [3.05, 3.63) is 0 Å². The minimum absolute atomic E-state index is 0.103. The summed E-state index contributed by atoms with van der Waals surface area (Å²) in [5.41, 5.74) is 0.999. The quantitative estimate of drug-likeness (QED) is 0.784. The van der Waals surface area contributed by atoms with Gasteiger partial charge in [-0.25, -0.2) is 0 Å². The van der Waals surface area contributed by atoms with E-state index in [1.54, 1.807) is 0 Å². The maximum atomic E-state index is 12.5. The Balaban J connectivity index is 1.46. The molecule has 0 aromatic rings. The van der Waals surface area contributed by atoms with Crippen LogP contribution in [0.3, 0.4) is 0 Å². The summed E-state index contributed by atoms with van der Waals surface area (Å²) in [5.74, 6) is 0.453. The van der Waals surface area contributed by atoms with Crippen molar-refractivity contribution >= 4 is 11.6 Å². The number of nitrogens with zero attached hydrogens (tertiary/aromatic N) is 3. The molecule has 3 heterocycles. The fraction of sp³-hybridized carbons (Fsp3) is 0.875. The summed E-state index contributed by atoms with van der Waals surface area (Å²) in [6, 6.07) is 0.629. The van der Waals surface area contributed by atoms with Crippen molar-refractivity contribution in [2.24, 2.45) is 11.1 Å². The van der Waals surface area contributed by atoms with Gasteiger partial charge < -0.3 is 14.5 Å². The monoisotopic (exact) mass is 309 g/mol. The Labute approximate surface area is 132 Å². The molecule has 0 saturated carbocycles. The van der Waals surface area contributed by atoms with Gasteiger partial charge >= 0.3 is 0 Å². The zero-order chi connectivity index (χ0) is 15.5. The van der Waals surface area contributed by atoms with Crippen molar-refractivity contribution in [2.75, 3.05) is 39.4 Å². The smallest absolute Gasteiger partial charge is 0.266 e. The Bertz CT molecular complexity index is 424. The van der Waals surface area contributed by atoms with Gasteiger partial charge in [-0.05, 0) is 18.8 Å². The zero-order valence-electron chi connectivity index (χ0n) is 13.7. The predicted octanol–water partition coefficient (Wildman–Crippen LogP) is 1.11. The molecule has 6 heteroatoms. The van der Waals surface area contributed by atoms with Crippen LogP contribution < -0.4 is 0 Å². The fourth-order valence-electron chi connectivity index (χ4n) is 3.43. The van der Waals surface area contributed by atoms with E-state index < -0.39 is 6.10 Å². The summed E-state index contributed by atoms with van der Waals surface area (Å²) >= 11 is 0. The van der Waals surface area contributed by atoms with Crippen LogP contribution in [0.1, 0.15) is 33.1 Å². The lowest BCUT2D eigenvalue weighted by Crippen LogP contribution is -2.54. The predicted molar refractivity (Wildman–Crippen MR) is 83.8 cm³/mol. The molecule has 6 nitrogen and oxygen atoms in total. The first kappa shape index (κ1) is 15.7. The van der Waals surface area contributed by atoms with Crippen molar-refractivity contribution in [1.82, 2.24) is 9.80 Å². The Morgan fingerprint density at radius 1 is 1.18 bits per heavy atom. The first-order valence-corrected chi connectivity index (χ1v) is 8.48. The number of amides is 1. The number of hydrogen-bond acceptors (Lipinski definition) is 5. The third kappa shape index (κ3) is 3.43. The van der Waals surface area contributed by atoms with Crippen LogP contribution in [0.25, 0.3) is 0 Å². The number of carbonyl (C=O) groups is 1. The van der Waals surface area contributed by atoms with E-state index in [0.717, 1.165) is 57.9 Å². The van der Waals surface area contributed by atoms with Gasteiger partial charge in [0, 0.05) is 51.9 Å². The first-order valence-electron chi connectivity index (χ1n) is 8.48. The first-order chi connectivity index (χ1) is 10.6. The van der Waals surface area contributed by atoms with Gasteiger partial charge in [-0.15, -0.1) is 0 Å². The molecule has 1 atom stereocenters. The van der Waals surface area contributed by atoms with Crippen LogP contribution in [0.15, 0.2) is 5.16 Å². The van der Waals surface area contributed by atoms with E-state index in [0.29, 0.717) is 18.4 Å². The summed E-state index contributed by atoms with van der Waals surface area (Å²) in [6.45, 7) is 9.43. The Morgan fingerprint density at radius 2 is 1.86 bits per heavy atom. The molecule has 3 rings (SSSR count). The third-order valence-electron chi connectivity index (χ3n) is 4.97. The Hall–Kier alpha value is -1.14. The van der Waals surface area contributed by atoms with Gasteiger partial charge in [0.15, 0.2) is 0 Å². The largest absolute Gasteiger partial charge is 0.382 e. The highest BCUT2D eigenvalue weighted by Gasteiger charge is 2.35. The normalized spacial score (nSPS) is 27.9. The standard InChI is InChI=1S/C16H27N3O3/c1-12(2)14-11-15(22-17-14)16(20)19-7-5-18(6-8-19)13-3-9-21-10-4-13/h12-13,15H,3-11H2,1-2H3. The van der Waals surface area contributed by atoms with E-state index in [1.807, 2.05) is 4.90 Å². The number of piperazine rings is 1. The second-order valence-corrected chi connectivity index (χ2v) is 6.74. The van der Waals surface area contributed by atoms with Gasteiger partial charge in [-0.2, -0.15) is 0 Å². The molecule has 1 unspecified atom stereocenters. The number of hydrogen-bond donors (Lipinski definition) is 0. The summed E-state index contributed by atoms with van der Waals surface area (Å²) < 4.78 is 5.43. The van der Waals surface area contributed by atoms with Crippen molar-refractivity contribution in [3.63, 3.8) is 0 Å². The van der Waals surface area contributed by atoms with Crippen molar-refractivity contribution < 1.29 is 14.4 Å². The second kappa shape index (κ2) is 6.96. The Morgan fingerprint density at radius 3 is 2.45 bits per heavy atom. The topological polar surface area (TPSA) is 54.4 Å². The number of ether oxygens (including phenoxy) is 1. The minimum Gasteiger partial charge on any atom is -0.382 e. The minimum atomic E-state index is -0.396. The van der Waals surface area contributed by atoms with Crippen LogP contribution in [0.5, 0.6) is 0 Å². The van der Waals surface area contributed by atoms with Crippen LogP contribution >= 0.6 is 0 Å². The van der Waals surface area contributed by atoms with Crippen LogP contribution in [0.4, 0.5) is 0 Å². The molecule has 22 heavy (non-hydrogen) atoms. The van der Waals surface area contributed by atoms with Crippen LogP contribution in [0, 0.1) is 5.92 Å². The van der Waals surface area contributed by atoms with Crippen LogP contribution in [-0.4, -0.2) is 73.0 Å². The maximum Gasteiger partial charge on any atom is 0.266 e. The van der Waals surface area contributed by atoms with Gasteiger partial charge in [-0.3, -0.25) is 9.69 Å². The van der Waals surface area contributed by atoms with Crippen molar-refractivity contribution in [3.8, 4) is 0 Å².